The van der Waals surface area contributed by atoms with Crippen molar-refractivity contribution in [2.75, 3.05) is 6.61 Å². The van der Waals surface area contributed by atoms with Crippen LogP contribution in [0, 0.1) is 5.82 Å². The Hall–Kier alpha value is -0.470. The van der Waals surface area contributed by atoms with Gasteiger partial charge in [-0.25, -0.2) is 4.39 Å². The highest BCUT2D eigenvalue weighted by molar-refractivity contribution is 6.34. The monoisotopic (exact) mass is 208 g/mol. The molecule has 12 heavy (non-hydrogen) atoms. The summed E-state index contributed by atoms with van der Waals surface area (Å²) in [7, 11) is 0. The maximum atomic E-state index is 13.1. The van der Waals surface area contributed by atoms with Crippen LogP contribution in [0.5, 0.6) is 5.75 Å². The second-order valence-corrected chi connectivity index (χ2v) is 2.98. The highest BCUT2D eigenvalue weighted by Crippen LogP contribution is 2.28. The van der Waals surface area contributed by atoms with Gasteiger partial charge in [-0.1, -0.05) is 23.2 Å². The Balaban J connectivity index is 3.09. The molecule has 66 valence electrons. The Morgan fingerprint density at radius 1 is 1.42 bits per heavy atom. The summed E-state index contributed by atoms with van der Waals surface area (Å²) < 4.78 is 18.0. The summed E-state index contributed by atoms with van der Waals surface area (Å²) in [4.78, 5) is 0. The zero-order valence-electron chi connectivity index (χ0n) is 6.40. The molecule has 0 aliphatic rings. The van der Waals surface area contributed by atoms with Gasteiger partial charge >= 0.3 is 0 Å². The van der Waals surface area contributed by atoms with Crippen LogP contribution in [0.25, 0.3) is 0 Å². The first kappa shape index (κ1) is 9.62. The molecule has 0 spiro atoms. The van der Waals surface area contributed by atoms with E-state index in [0.717, 1.165) is 0 Å². The molecule has 0 saturated carbocycles. The summed E-state index contributed by atoms with van der Waals surface area (Å²) >= 11 is 11.1. The maximum Gasteiger partial charge on any atom is 0.183 e. The molecule has 0 aliphatic heterocycles. The molecule has 1 aromatic rings. The van der Waals surface area contributed by atoms with E-state index in [1.807, 2.05) is 0 Å². The minimum atomic E-state index is -0.567. The molecule has 0 heterocycles. The fourth-order valence-electron chi connectivity index (χ4n) is 0.793. The third kappa shape index (κ3) is 2.02. The molecule has 4 heteroatoms. The smallest absolute Gasteiger partial charge is 0.183 e. The van der Waals surface area contributed by atoms with E-state index in [9.17, 15) is 4.39 Å². The number of halogens is 3. The molecule has 0 aromatic heterocycles. The van der Waals surface area contributed by atoms with Crippen LogP contribution < -0.4 is 4.74 Å². The Labute approximate surface area is 80.0 Å². The molecule has 0 bridgehead atoms. The molecule has 0 saturated heterocycles. The van der Waals surface area contributed by atoms with Gasteiger partial charge in [0.05, 0.1) is 11.6 Å². The third-order valence-corrected chi connectivity index (χ3v) is 1.75. The summed E-state index contributed by atoms with van der Waals surface area (Å²) in [6.45, 7) is 2.14. The van der Waals surface area contributed by atoms with Crippen LogP contribution >= 0.6 is 23.2 Å². The molecular formula is C8H7Cl2FO. The van der Waals surface area contributed by atoms with E-state index in [0.29, 0.717) is 11.6 Å². The van der Waals surface area contributed by atoms with Gasteiger partial charge < -0.3 is 4.74 Å². The fraction of sp³-hybridized carbons (Fsp3) is 0.250. The SMILES string of the molecule is CCOc1cc(Cl)cc(Cl)c1F. The Kier molecular flexibility index (Phi) is 3.18. The van der Waals surface area contributed by atoms with E-state index >= 15 is 0 Å². The maximum absolute atomic E-state index is 13.1. The van der Waals surface area contributed by atoms with E-state index < -0.39 is 5.82 Å². The van der Waals surface area contributed by atoms with Crippen LogP contribution in [0.4, 0.5) is 4.39 Å². The predicted octanol–water partition coefficient (Wildman–Crippen LogP) is 3.53. The Morgan fingerprint density at radius 3 is 2.67 bits per heavy atom. The fourth-order valence-corrected chi connectivity index (χ4v) is 1.27. The van der Waals surface area contributed by atoms with E-state index in [4.69, 9.17) is 27.9 Å². The Bertz CT molecular complexity index is 289. The molecule has 1 rings (SSSR count). The predicted molar refractivity (Wildman–Crippen MR) is 47.6 cm³/mol. The molecule has 0 N–H and O–H groups in total. The van der Waals surface area contributed by atoms with Crippen molar-refractivity contribution in [3.05, 3.63) is 28.0 Å². The van der Waals surface area contributed by atoms with E-state index in [1.165, 1.54) is 12.1 Å². The van der Waals surface area contributed by atoms with Crippen molar-refractivity contribution in [3.63, 3.8) is 0 Å². The van der Waals surface area contributed by atoms with Crippen molar-refractivity contribution in [2.45, 2.75) is 6.92 Å². The van der Waals surface area contributed by atoms with Gasteiger partial charge in [0, 0.05) is 11.1 Å². The summed E-state index contributed by atoms with van der Waals surface area (Å²) in [6, 6.07) is 2.73. The second-order valence-electron chi connectivity index (χ2n) is 2.13. The van der Waals surface area contributed by atoms with Crippen molar-refractivity contribution < 1.29 is 9.13 Å². The molecule has 0 aliphatic carbocycles. The molecule has 0 atom stereocenters. The average Bonchev–Trinajstić information content (AvgIpc) is 2.00. The van der Waals surface area contributed by atoms with Crippen molar-refractivity contribution in [1.29, 1.82) is 0 Å². The summed E-state index contributed by atoms with van der Waals surface area (Å²) in [6.07, 6.45) is 0. The largest absolute Gasteiger partial charge is 0.491 e. The third-order valence-electron chi connectivity index (χ3n) is 1.26. The number of hydrogen-bond acceptors (Lipinski definition) is 1. The highest BCUT2D eigenvalue weighted by Gasteiger charge is 2.08. The van der Waals surface area contributed by atoms with Gasteiger partial charge in [0.1, 0.15) is 0 Å². The first-order valence-corrected chi connectivity index (χ1v) is 4.18. The van der Waals surface area contributed by atoms with Crippen LogP contribution in [0.15, 0.2) is 12.1 Å². The summed E-state index contributed by atoms with van der Waals surface area (Å²) in [5, 5.41) is 0.343. The van der Waals surface area contributed by atoms with E-state index in [-0.39, 0.29) is 10.8 Å². The van der Waals surface area contributed by atoms with Crippen molar-refractivity contribution in [1.82, 2.24) is 0 Å². The second kappa shape index (κ2) is 3.97. The molecule has 1 nitrogen and oxygen atoms in total. The van der Waals surface area contributed by atoms with Gasteiger partial charge in [0.25, 0.3) is 0 Å². The van der Waals surface area contributed by atoms with Crippen LogP contribution in [-0.4, -0.2) is 6.61 Å². The number of benzene rings is 1. The van der Waals surface area contributed by atoms with Crippen molar-refractivity contribution >= 4 is 23.2 Å². The number of rotatable bonds is 2. The average molecular weight is 209 g/mol. The zero-order chi connectivity index (χ0) is 9.14. The molecule has 0 fully saturated rings. The van der Waals surface area contributed by atoms with Gasteiger partial charge in [0.2, 0.25) is 0 Å². The van der Waals surface area contributed by atoms with Gasteiger partial charge in [-0.15, -0.1) is 0 Å². The first-order valence-electron chi connectivity index (χ1n) is 3.42. The van der Waals surface area contributed by atoms with Crippen LogP contribution in [0.2, 0.25) is 10.0 Å². The molecule has 1 aromatic carbocycles. The number of ether oxygens (including phenoxy) is 1. The number of hydrogen-bond donors (Lipinski definition) is 0. The van der Waals surface area contributed by atoms with E-state index in [2.05, 4.69) is 0 Å². The van der Waals surface area contributed by atoms with Crippen LogP contribution in [0.3, 0.4) is 0 Å². The lowest BCUT2D eigenvalue weighted by molar-refractivity contribution is 0.321. The zero-order valence-corrected chi connectivity index (χ0v) is 7.92. The normalized spacial score (nSPS) is 10.0. The quantitative estimate of drug-likeness (QED) is 0.677. The van der Waals surface area contributed by atoms with Gasteiger partial charge in [0.15, 0.2) is 11.6 Å². The first-order chi connectivity index (χ1) is 5.65. The molecule has 0 radical (unpaired) electrons. The molecule has 0 unspecified atom stereocenters. The lowest BCUT2D eigenvalue weighted by atomic mass is 10.3. The van der Waals surface area contributed by atoms with Gasteiger partial charge in [-0.05, 0) is 13.0 Å². The Morgan fingerprint density at radius 2 is 2.08 bits per heavy atom. The molecular weight excluding hydrogens is 202 g/mol. The lowest BCUT2D eigenvalue weighted by Gasteiger charge is -2.05. The topological polar surface area (TPSA) is 9.23 Å². The lowest BCUT2D eigenvalue weighted by Crippen LogP contribution is -1.94. The van der Waals surface area contributed by atoms with Gasteiger partial charge in [-0.2, -0.15) is 0 Å². The minimum absolute atomic E-state index is 0.0223. The van der Waals surface area contributed by atoms with E-state index in [1.54, 1.807) is 6.92 Å². The van der Waals surface area contributed by atoms with Crippen LogP contribution in [-0.2, 0) is 0 Å². The standard InChI is InChI=1S/C8H7Cl2FO/c1-2-12-7-4-5(9)3-6(10)8(7)11/h3-4H,2H2,1H3. The van der Waals surface area contributed by atoms with Crippen molar-refractivity contribution in [3.8, 4) is 5.75 Å². The van der Waals surface area contributed by atoms with Crippen molar-refractivity contribution in [2.24, 2.45) is 0 Å². The minimum Gasteiger partial charge on any atom is -0.491 e. The molecule has 0 amide bonds. The van der Waals surface area contributed by atoms with Crippen LogP contribution in [0.1, 0.15) is 6.92 Å². The summed E-state index contributed by atoms with van der Waals surface area (Å²) in [5.74, 6) is -0.474. The van der Waals surface area contributed by atoms with Gasteiger partial charge in [-0.3, -0.25) is 0 Å². The highest BCUT2D eigenvalue weighted by atomic mass is 35.5. The summed E-state index contributed by atoms with van der Waals surface area (Å²) in [5.41, 5.74) is 0.